The lowest BCUT2D eigenvalue weighted by Crippen LogP contribution is -1.84. The van der Waals surface area contributed by atoms with E-state index in [4.69, 9.17) is 4.84 Å². The van der Waals surface area contributed by atoms with Crippen LogP contribution in [-0.4, -0.2) is 0 Å². The number of hydrogen-bond acceptors (Lipinski definition) is 3. The van der Waals surface area contributed by atoms with Gasteiger partial charge in [-0.1, -0.05) is 48.5 Å². The Morgan fingerprint density at radius 2 is 1.50 bits per heavy atom. The molecule has 0 N–H and O–H groups in total. The van der Waals surface area contributed by atoms with E-state index in [0.29, 0.717) is 6.61 Å². The molecule has 0 aliphatic rings. The van der Waals surface area contributed by atoms with Crippen LogP contribution in [0.3, 0.4) is 0 Å². The van der Waals surface area contributed by atoms with E-state index in [1.54, 1.807) is 0 Å². The van der Waals surface area contributed by atoms with E-state index in [0.717, 1.165) is 11.3 Å². The Hall–Kier alpha value is -2.16. The van der Waals surface area contributed by atoms with Gasteiger partial charge in [0.05, 0.1) is 5.69 Å². The topological polar surface area (TPSA) is 34.0 Å². The van der Waals surface area contributed by atoms with Gasteiger partial charge in [-0.15, -0.1) is 5.11 Å². The van der Waals surface area contributed by atoms with Gasteiger partial charge >= 0.3 is 0 Å². The van der Waals surface area contributed by atoms with Crippen LogP contribution in [0.5, 0.6) is 0 Å². The molecule has 2 rings (SSSR count). The molecule has 0 fully saturated rings. The molecule has 82 valence electrons. The van der Waals surface area contributed by atoms with Gasteiger partial charge in [0.1, 0.15) is 6.61 Å². The lowest BCUT2D eigenvalue weighted by molar-refractivity contribution is 0.112. The Balaban J connectivity index is 0.00000144. The maximum Gasteiger partial charge on any atom is 0.144 e. The highest BCUT2D eigenvalue weighted by Gasteiger charge is 1.90. The molecular formula is C13H14N2O. The standard InChI is InChI=1S/C13H12N2O.H2/c1-3-7-12(8-4-1)11-16-15-14-13-9-5-2-6-10-13;/h1-10H,11H2;1H. The zero-order chi connectivity index (χ0) is 11.1. The van der Waals surface area contributed by atoms with E-state index in [-0.39, 0.29) is 1.43 Å². The molecule has 0 spiro atoms. The monoisotopic (exact) mass is 214 g/mol. The largest absolute Gasteiger partial charge is 0.374 e. The van der Waals surface area contributed by atoms with Crippen molar-refractivity contribution in [3.8, 4) is 0 Å². The molecule has 0 amide bonds. The average molecular weight is 214 g/mol. The van der Waals surface area contributed by atoms with E-state index in [1.165, 1.54) is 0 Å². The zero-order valence-corrected chi connectivity index (χ0v) is 8.78. The normalized spacial score (nSPS) is 10.5. The van der Waals surface area contributed by atoms with Crippen LogP contribution in [0.15, 0.2) is 71.1 Å². The van der Waals surface area contributed by atoms with Crippen LogP contribution in [0.2, 0.25) is 0 Å². The molecule has 0 aliphatic heterocycles. The summed E-state index contributed by atoms with van der Waals surface area (Å²) in [5, 5.41) is 7.59. The molecule has 0 heterocycles. The lowest BCUT2D eigenvalue weighted by atomic mass is 10.2. The van der Waals surface area contributed by atoms with Crippen molar-refractivity contribution in [3.63, 3.8) is 0 Å². The quantitative estimate of drug-likeness (QED) is 0.556. The second-order valence-electron chi connectivity index (χ2n) is 3.28. The lowest BCUT2D eigenvalue weighted by Gasteiger charge is -1.97. The van der Waals surface area contributed by atoms with Gasteiger partial charge in [-0.3, -0.25) is 0 Å². The van der Waals surface area contributed by atoms with Crippen LogP contribution in [0.25, 0.3) is 0 Å². The highest BCUT2D eigenvalue weighted by Crippen LogP contribution is 2.10. The molecule has 2 aromatic carbocycles. The summed E-state index contributed by atoms with van der Waals surface area (Å²) in [5.74, 6) is 0. The SMILES string of the molecule is [HH].c1ccc(CON=Nc2ccccc2)cc1. The van der Waals surface area contributed by atoms with Crippen LogP contribution >= 0.6 is 0 Å². The molecular weight excluding hydrogens is 200 g/mol. The average Bonchev–Trinajstić information content (AvgIpc) is 2.37. The van der Waals surface area contributed by atoms with Gasteiger partial charge in [-0.25, -0.2) is 0 Å². The van der Waals surface area contributed by atoms with Crippen LogP contribution in [0.4, 0.5) is 5.69 Å². The van der Waals surface area contributed by atoms with Crippen molar-refractivity contribution in [1.29, 1.82) is 0 Å². The zero-order valence-electron chi connectivity index (χ0n) is 8.78. The third kappa shape index (κ3) is 3.20. The van der Waals surface area contributed by atoms with Gasteiger partial charge < -0.3 is 4.84 Å². The van der Waals surface area contributed by atoms with Crippen molar-refractivity contribution in [3.05, 3.63) is 66.2 Å². The molecule has 0 radical (unpaired) electrons. The van der Waals surface area contributed by atoms with Gasteiger partial charge in [0.25, 0.3) is 0 Å². The van der Waals surface area contributed by atoms with Gasteiger partial charge in [-0.2, -0.15) is 0 Å². The van der Waals surface area contributed by atoms with Crippen molar-refractivity contribution >= 4 is 5.69 Å². The maximum atomic E-state index is 5.08. The summed E-state index contributed by atoms with van der Waals surface area (Å²) in [6.45, 7) is 0.442. The van der Waals surface area contributed by atoms with Crippen LogP contribution in [0, 0.1) is 0 Å². The predicted octanol–water partition coefficient (Wildman–Crippen LogP) is 4.15. The van der Waals surface area contributed by atoms with Gasteiger partial charge in [0.2, 0.25) is 0 Å². The first kappa shape index (κ1) is 10.4. The van der Waals surface area contributed by atoms with E-state index in [9.17, 15) is 0 Å². The van der Waals surface area contributed by atoms with E-state index in [2.05, 4.69) is 10.4 Å². The van der Waals surface area contributed by atoms with E-state index < -0.39 is 0 Å². The summed E-state index contributed by atoms with van der Waals surface area (Å²) < 4.78 is 0. The molecule has 0 aromatic heterocycles. The molecule has 3 nitrogen and oxygen atoms in total. The fourth-order valence-corrected chi connectivity index (χ4v) is 1.25. The summed E-state index contributed by atoms with van der Waals surface area (Å²) in [7, 11) is 0. The van der Waals surface area contributed by atoms with Crippen molar-refractivity contribution in [1.82, 2.24) is 0 Å². The van der Waals surface area contributed by atoms with Crippen LogP contribution in [0.1, 0.15) is 6.99 Å². The maximum absolute atomic E-state index is 5.08. The van der Waals surface area contributed by atoms with E-state index in [1.807, 2.05) is 60.7 Å². The third-order valence-corrected chi connectivity index (χ3v) is 2.04. The highest BCUT2D eigenvalue weighted by molar-refractivity contribution is 5.34. The Morgan fingerprint density at radius 3 is 2.19 bits per heavy atom. The summed E-state index contributed by atoms with van der Waals surface area (Å²) >= 11 is 0. The van der Waals surface area contributed by atoms with Crippen LogP contribution < -0.4 is 0 Å². The van der Waals surface area contributed by atoms with Crippen molar-refractivity contribution < 1.29 is 6.26 Å². The van der Waals surface area contributed by atoms with E-state index >= 15 is 0 Å². The van der Waals surface area contributed by atoms with Crippen molar-refractivity contribution in [2.75, 3.05) is 0 Å². The second-order valence-corrected chi connectivity index (χ2v) is 3.28. The number of nitrogens with zero attached hydrogens (tertiary/aromatic N) is 2. The fourth-order valence-electron chi connectivity index (χ4n) is 1.25. The molecule has 16 heavy (non-hydrogen) atoms. The molecule has 0 saturated heterocycles. The molecule has 0 unspecified atom stereocenters. The number of benzene rings is 2. The van der Waals surface area contributed by atoms with Crippen LogP contribution in [-0.2, 0) is 11.4 Å². The summed E-state index contributed by atoms with van der Waals surface area (Å²) in [5.41, 5.74) is 1.87. The summed E-state index contributed by atoms with van der Waals surface area (Å²) in [4.78, 5) is 5.08. The predicted molar refractivity (Wildman–Crippen MR) is 64.3 cm³/mol. The second kappa shape index (κ2) is 5.66. The minimum absolute atomic E-state index is 0. The molecule has 0 saturated carbocycles. The molecule has 0 bridgehead atoms. The Morgan fingerprint density at radius 1 is 0.875 bits per heavy atom. The first-order chi connectivity index (χ1) is 7.95. The fraction of sp³-hybridized carbons (Fsp3) is 0.0769. The smallest absolute Gasteiger partial charge is 0.144 e. The third-order valence-electron chi connectivity index (χ3n) is 2.04. The Bertz CT molecular complexity index is 445. The number of rotatable bonds is 4. The van der Waals surface area contributed by atoms with Gasteiger partial charge in [-0.05, 0) is 17.7 Å². The Kier molecular flexibility index (Phi) is 3.66. The first-order valence-electron chi connectivity index (χ1n) is 5.07. The van der Waals surface area contributed by atoms with Gasteiger partial charge in [0, 0.05) is 6.70 Å². The minimum atomic E-state index is 0. The molecule has 0 atom stereocenters. The summed E-state index contributed by atoms with van der Waals surface area (Å²) in [6, 6.07) is 19.4. The molecule has 0 aliphatic carbocycles. The molecule has 2 aromatic rings. The van der Waals surface area contributed by atoms with Gasteiger partial charge in [0.15, 0.2) is 0 Å². The first-order valence-corrected chi connectivity index (χ1v) is 5.07. The minimum Gasteiger partial charge on any atom is -0.374 e. The number of hydrogen-bond donors (Lipinski definition) is 0. The summed E-state index contributed by atoms with van der Waals surface area (Å²) in [6.07, 6.45) is 0. The van der Waals surface area contributed by atoms with Crippen molar-refractivity contribution in [2.45, 2.75) is 6.61 Å². The van der Waals surface area contributed by atoms with Crippen molar-refractivity contribution in [2.24, 2.45) is 10.4 Å². The molecule has 3 heteroatoms. The highest BCUT2D eigenvalue weighted by atomic mass is 16.6. The Labute approximate surface area is 95.9 Å².